The van der Waals surface area contributed by atoms with Gasteiger partial charge in [-0.3, -0.25) is 0 Å². The average Bonchev–Trinajstić information content (AvgIpc) is 1.35. The van der Waals surface area contributed by atoms with Crippen LogP contribution >= 0.6 is 12.1 Å². The second-order valence-corrected chi connectivity index (χ2v) is 2.13. The molecule has 0 aliphatic carbocycles. The van der Waals surface area contributed by atoms with Crippen molar-refractivity contribution >= 4 is 18.2 Å². The molecule has 0 N–H and O–H groups in total. The van der Waals surface area contributed by atoms with Crippen LogP contribution in [0.25, 0.3) is 0 Å². The Hall–Kier alpha value is 0.285. The minimum atomic E-state index is 0.738. The quantitative estimate of drug-likeness (QED) is 0.477. The topological polar surface area (TPSA) is 0 Å². The van der Waals surface area contributed by atoms with Crippen LogP contribution in [0.5, 0.6) is 0 Å². The molecular formula is C4H9BS. The molecule has 34 valence electrons. The molecule has 0 nitrogen and oxygen atoms in total. The Morgan fingerprint density at radius 2 is 2.17 bits per heavy atom. The van der Waals surface area contributed by atoms with Gasteiger partial charge in [0, 0.05) is 0 Å². The molecule has 0 aromatic rings. The molecule has 0 aromatic heterocycles. The number of rotatable bonds is 2. The normalized spacial score (nSPS) is 8.50. The fraction of sp³-hybridized carbons (Fsp3) is 1.00. The molecule has 0 heterocycles. The van der Waals surface area contributed by atoms with Crippen molar-refractivity contribution < 1.29 is 0 Å². The summed E-state index contributed by atoms with van der Waals surface area (Å²) in [7, 11) is 0. The van der Waals surface area contributed by atoms with E-state index < -0.39 is 0 Å². The molecule has 0 unspecified atom stereocenters. The predicted molar refractivity (Wildman–Crippen MR) is 33.0 cm³/mol. The van der Waals surface area contributed by atoms with Crippen LogP contribution in [0.4, 0.5) is 0 Å². The van der Waals surface area contributed by atoms with Crippen molar-refractivity contribution in [3.63, 3.8) is 0 Å². The fourth-order valence-electron chi connectivity index (χ4n) is 0.192. The van der Waals surface area contributed by atoms with Gasteiger partial charge in [0.25, 0.3) is 0 Å². The average molecular weight is 100.0 g/mol. The molecule has 0 radical (unpaired) electrons. The first kappa shape index (κ1) is 6.28. The van der Waals surface area contributed by atoms with Crippen LogP contribution in [0.2, 0.25) is 6.32 Å². The molecule has 0 spiro atoms. The van der Waals surface area contributed by atoms with Gasteiger partial charge in [-0.2, -0.15) is 0 Å². The monoisotopic (exact) mass is 100 g/mol. The van der Waals surface area contributed by atoms with Gasteiger partial charge in [-0.05, 0) is 0 Å². The van der Waals surface area contributed by atoms with E-state index in [1.807, 2.05) is 0 Å². The Balaban J connectivity index is 2.81. The molecule has 6 heavy (non-hydrogen) atoms. The van der Waals surface area contributed by atoms with Gasteiger partial charge in [0.15, 0.2) is 0 Å². The second kappa shape index (κ2) is 3.47. The van der Waals surface area contributed by atoms with E-state index in [4.69, 9.17) is 0 Å². The first-order valence-electron chi connectivity index (χ1n) is 2.21. The number of hydrogen-bond donors (Lipinski definition) is 0. The van der Waals surface area contributed by atoms with Gasteiger partial charge in [0.2, 0.25) is 0 Å². The second-order valence-electron chi connectivity index (χ2n) is 1.80. The summed E-state index contributed by atoms with van der Waals surface area (Å²) < 4.78 is 0. The maximum atomic E-state index is 4.60. The fourth-order valence-corrected chi connectivity index (χ4v) is 0.577. The summed E-state index contributed by atoms with van der Waals surface area (Å²) in [6, 6.07) is 0. The standard InChI is InChI=1S/C4H9BS/c1-4(2)3-5-6/h4H,3H2,1-2H3. The zero-order chi connectivity index (χ0) is 4.99. The first-order chi connectivity index (χ1) is 2.77. The van der Waals surface area contributed by atoms with E-state index in [-0.39, 0.29) is 0 Å². The molecule has 0 atom stereocenters. The third-order valence-electron chi connectivity index (χ3n) is 0.568. The van der Waals surface area contributed by atoms with Crippen molar-refractivity contribution in [2.24, 2.45) is 5.92 Å². The summed E-state index contributed by atoms with van der Waals surface area (Å²) in [6.45, 7) is 4.31. The maximum absolute atomic E-state index is 4.60. The van der Waals surface area contributed by atoms with Gasteiger partial charge < -0.3 is 0 Å². The predicted octanol–water partition coefficient (Wildman–Crippen LogP) is 1.88. The Morgan fingerprint density at radius 1 is 1.67 bits per heavy atom. The van der Waals surface area contributed by atoms with E-state index >= 15 is 0 Å². The molecule has 0 rings (SSSR count). The van der Waals surface area contributed by atoms with E-state index in [0.717, 1.165) is 12.2 Å². The summed E-state index contributed by atoms with van der Waals surface area (Å²) in [5, 5.41) is 0. The zero-order valence-corrected chi connectivity index (χ0v) is 5.09. The molecule has 0 fully saturated rings. The van der Waals surface area contributed by atoms with Crippen LogP contribution in [0.1, 0.15) is 13.8 Å². The van der Waals surface area contributed by atoms with E-state index in [9.17, 15) is 0 Å². The van der Waals surface area contributed by atoms with Crippen LogP contribution in [-0.2, 0) is 0 Å². The molecule has 0 amide bonds. The van der Waals surface area contributed by atoms with Gasteiger partial charge in [0.1, 0.15) is 0 Å². The van der Waals surface area contributed by atoms with Crippen LogP contribution < -0.4 is 0 Å². The Morgan fingerprint density at radius 3 is 2.17 bits per heavy atom. The van der Waals surface area contributed by atoms with Crippen molar-refractivity contribution in [3.05, 3.63) is 0 Å². The first-order valence-corrected chi connectivity index (χ1v) is 2.68. The molecule has 2 heteroatoms. The van der Waals surface area contributed by atoms with E-state index in [2.05, 4.69) is 25.9 Å². The summed E-state index contributed by atoms with van der Waals surface area (Å²) in [5.74, 6) is 0.738. The van der Waals surface area contributed by atoms with Gasteiger partial charge in [0.05, 0.1) is 0 Å². The summed E-state index contributed by atoms with van der Waals surface area (Å²) in [4.78, 5) is 0. The molecular weight excluding hydrogens is 90.9 g/mol. The van der Waals surface area contributed by atoms with Crippen molar-refractivity contribution in [2.75, 3.05) is 0 Å². The zero-order valence-electron chi connectivity index (χ0n) is 4.27. The number of hydrogen-bond acceptors (Lipinski definition) is 1. The summed E-state index contributed by atoms with van der Waals surface area (Å²) >= 11 is 4.60. The van der Waals surface area contributed by atoms with Crippen molar-refractivity contribution in [1.29, 1.82) is 0 Å². The van der Waals surface area contributed by atoms with Crippen LogP contribution in [-0.4, -0.2) is 6.15 Å². The molecule has 0 saturated heterocycles. The molecule has 0 aliphatic heterocycles. The van der Waals surface area contributed by atoms with E-state index in [0.29, 0.717) is 0 Å². The van der Waals surface area contributed by atoms with Gasteiger partial charge in [-0.15, -0.1) is 0 Å². The Kier molecular flexibility index (Phi) is 3.64. The SMILES string of the molecule is CC(C)CB=S. The van der Waals surface area contributed by atoms with Crippen LogP contribution in [0.3, 0.4) is 0 Å². The van der Waals surface area contributed by atoms with Crippen molar-refractivity contribution in [1.82, 2.24) is 0 Å². The molecule has 0 bridgehead atoms. The van der Waals surface area contributed by atoms with Crippen LogP contribution in [0.15, 0.2) is 0 Å². The minimum absolute atomic E-state index is 0.738. The van der Waals surface area contributed by atoms with Crippen molar-refractivity contribution in [2.45, 2.75) is 20.2 Å². The summed E-state index contributed by atoms with van der Waals surface area (Å²) in [6.07, 6.45) is 2.85. The Labute approximate surface area is 45.0 Å². The van der Waals surface area contributed by atoms with E-state index in [1.165, 1.54) is 0 Å². The van der Waals surface area contributed by atoms with Gasteiger partial charge in [-0.25, -0.2) is 0 Å². The Bertz CT molecular complexity index is 42.8. The van der Waals surface area contributed by atoms with Crippen LogP contribution in [0, 0.1) is 5.92 Å². The third kappa shape index (κ3) is 4.28. The molecule has 0 aliphatic rings. The molecule has 0 saturated carbocycles. The third-order valence-corrected chi connectivity index (χ3v) is 0.760. The summed E-state index contributed by atoms with van der Waals surface area (Å²) in [5.41, 5.74) is 0. The van der Waals surface area contributed by atoms with E-state index in [1.54, 1.807) is 6.15 Å². The van der Waals surface area contributed by atoms with Crippen molar-refractivity contribution in [3.8, 4) is 0 Å². The molecule has 0 aromatic carbocycles. The van der Waals surface area contributed by atoms with Gasteiger partial charge >= 0.3 is 44.3 Å². The van der Waals surface area contributed by atoms with Gasteiger partial charge in [-0.1, -0.05) is 0 Å².